The predicted molar refractivity (Wildman–Crippen MR) is 114 cm³/mol. The van der Waals surface area contributed by atoms with Crippen LogP contribution in [0.5, 0.6) is 0 Å². The van der Waals surface area contributed by atoms with Crippen molar-refractivity contribution in [2.45, 2.75) is 19.8 Å². The monoisotopic (exact) mass is 440 g/mol. The lowest BCUT2D eigenvalue weighted by Crippen LogP contribution is -2.19. The van der Waals surface area contributed by atoms with Crippen LogP contribution in [0.15, 0.2) is 41.8 Å². The maximum absolute atomic E-state index is 12.2. The number of ether oxygens (including phenoxy) is 1. The fraction of sp³-hybridized carbons (Fsp3) is 0.190. The van der Waals surface area contributed by atoms with E-state index in [0.717, 1.165) is 11.4 Å². The van der Waals surface area contributed by atoms with Crippen LogP contribution in [0.4, 0.5) is 0 Å². The molecular formula is C21H17ClN4O3S. The third-order valence-electron chi connectivity index (χ3n) is 4.13. The summed E-state index contributed by atoms with van der Waals surface area (Å²) in [5, 5.41) is 16.1. The zero-order valence-electron chi connectivity index (χ0n) is 16.2. The van der Waals surface area contributed by atoms with E-state index < -0.39 is 24.3 Å². The highest BCUT2D eigenvalue weighted by Crippen LogP contribution is 2.25. The molecule has 0 fully saturated rings. The van der Waals surface area contributed by atoms with Crippen molar-refractivity contribution in [2.75, 3.05) is 6.61 Å². The van der Waals surface area contributed by atoms with Gasteiger partial charge in [-0.25, -0.2) is 14.5 Å². The molecule has 0 saturated heterocycles. The van der Waals surface area contributed by atoms with Crippen LogP contribution in [0.1, 0.15) is 27.9 Å². The number of aromatic nitrogens is 3. The molecule has 2 heterocycles. The van der Waals surface area contributed by atoms with Crippen molar-refractivity contribution in [1.29, 1.82) is 5.26 Å². The molecule has 0 aliphatic carbocycles. The zero-order chi connectivity index (χ0) is 21.7. The van der Waals surface area contributed by atoms with E-state index >= 15 is 0 Å². The quantitative estimate of drug-likeness (QED) is 0.406. The topological polar surface area (TPSA) is 97.9 Å². The lowest BCUT2D eigenvalue weighted by atomic mass is 10.1. The lowest BCUT2D eigenvalue weighted by Gasteiger charge is -2.05. The Morgan fingerprint density at radius 3 is 2.70 bits per heavy atom. The largest absolute Gasteiger partial charge is 0.454 e. The van der Waals surface area contributed by atoms with Crippen LogP contribution in [-0.4, -0.2) is 33.1 Å². The van der Waals surface area contributed by atoms with E-state index in [1.54, 1.807) is 23.9 Å². The van der Waals surface area contributed by atoms with Gasteiger partial charge < -0.3 is 4.74 Å². The minimum atomic E-state index is -1.05. The number of thiazole rings is 1. The van der Waals surface area contributed by atoms with Gasteiger partial charge in [0, 0.05) is 22.7 Å². The van der Waals surface area contributed by atoms with E-state index in [2.05, 4.69) is 10.1 Å². The first-order valence-electron chi connectivity index (χ1n) is 8.90. The Morgan fingerprint density at radius 1 is 1.33 bits per heavy atom. The van der Waals surface area contributed by atoms with Crippen molar-refractivity contribution >= 4 is 40.8 Å². The summed E-state index contributed by atoms with van der Waals surface area (Å²) in [6, 6.07) is 11.3. The van der Waals surface area contributed by atoms with Gasteiger partial charge in [-0.3, -0.25) is 4.79 Å². The number of nitriles is 1. The maximum atomic E-state index is 12.2. The molecule has 0 radical (unpaired) electrons. The fourth-order valence-corrected chi connectivity index (χ4v) is 3.83. The molecule has 3 rings (SSSR count). The molecule has 0 spiro atoms. The Labute approximate surface area is 182 Å². The van der Waals surface area contributed by atoms with Gasteiger partial charge in [0.15, 0.2) is 18.3 Å². The Morgan fingerprint density at radius 2 is 2.07 bits per heavy atom. The zero-order valence-corrected chi connectivity index (χ0v) is 17.8. The summed E-state index contributed by atoms with van der Waals surface area (Å²) in [7, 11) is 0. The number of aryl methyl sites for hydroxylation is 2. The number of halogens is 1. The van der Waals surface area contributed by atoms with E-state index in [1.807, 2.05) is 36.4 Å². The molecule has 0 saturated carbocycles. The van der Waals surface area contributed by atoms with Crippen LogP contribution < -0.4 is 0 Å². The minimum absolute atomic E-state index is 0.350. The highest BCUT2D eigenvalue weighted by Gasteiger charge is 2.24. The normalized spacial score (nSPS) is 11.9. The van der Waals surface area contributed by atoms with Gasteiger partial charge in [-0.2, -0.15) is 10.4 Å². The summed E-state index contributed by atoms with van der Waals surface area (Å²) in [5.41, 5.74) is 2.72. The summed E-state index contributed by atoms with van der Waals surface area (Å²) >= 11 is 7.63. The van der Waals surface area contributed by atoms with Crippen LogP contribution in [-0.2, 0) is 14.3 Å². The number of benzene rings is 1. The second kappa shape index (κ2) is 9.48. The van der Waals surface area contributed by atoms with E-state index in [1.165, 1.54) is 23.5 Å². The average molecular weight is 441 g/mol. The van der Waals surface area contributed by atoms with E-state index in [-0.39, 0.29) is 0 Å². The average Bonchev–Trinajstić information content (AvgIpc) is 3.29. The second-order valence-electron chi connectivity index (χ2n) is 6.33. The molecule has 3 aromatic rings. The number of Topliss-reactive ketones (excluding diaryl/α,β-unsaturated/α-hetero) is 1. The second-order valence-corrected chi connectivity index (χ2v) is 7.58. The van der Waals surface area contributed by atoms with Gasteiger partial charge in [0.25, 0.3) is 0 Å². The molecule has 1 atom stereocenters. The molecular weight excluding hydrogens is 424 g/mol. The summed E-state index contributed by atoms with van der Waals surface area (Å²) < 4.78 is 6.56. The number of carbonyl (C=O) groups excluding carboxylic acids is 2. The minimum Gasteiger partial charge on any atom is -0.454 e. The first-order chi connectivity index (χ1) is 14.4. The van der Waals surface area contributed by atoms with Crippen molar-refractivity contribution < 1.29 is 14.3 Å². The number of esters is 1. The molecule has 0 unspecified atom stereocenters. The molecule has 152 valence electrons. The SMILES string of the molecule is Cc1csc([C@H](C#N)C(=O)COC(=O)/C=C/c2c(C)nn(-c3ccccc3)c2Cl)n1. The highest BCUT2D eigenvalue weighted by atomic mass is 35.5. The number of carbonyl (C=O) groups is 2. The van der Waals surface area contributed by atoms with Crippen LogP contribution in [0.2, 0.25) is 5.15 Å². The van der Waals surface area contributed by atoms with Crippen LogP contribution in [0, 0.1) is 25.2 Å². The van der Waals surface area contributed by atoms with Gasteiger partial charge in [-0.15, -0.1) is 11.3 Å². The number of ketones is 1. The van der Waals surface area contributed by atoms with Gasteiger partial charge in [-0.1, -0.05) is 29.8 Å². The smallest absolute Gasteiger partial charge is 0.331 e. The Bertz CT molecular complexity index is 1140. The molecule has 30 heavy (non-hydrogen) atoms. The number of rotatable bonds is 7. The molecule has 0 aliphatic rings. The molecule has 0 amide bonds. The van der Waals surface area contributed by atoms with E-state index in [4.69, 9.17) is 16.3 Å². The van der Waals surface area contributed by atoms with Crippen molar-refractivity contribution in [3.8, 4) is 11.8 Å². The molecule has 0 bridgehead atoms. The number of hydrogen-bond donors (Lipinski definition) is 0. The Kier molecular flexibility index (Phi) is 6.77. The predicted octanol–water partition coefficient (Wildman–Crippen LogP) is 4.03. The molecule has 7 nitrogen and oxygen atoms in total. The van der Waals surface area contributed by atoms with Crippen molar-refractivity contribution in [1.82, 2.24) is 14.8 Å². The summed E-state index contributed by atoms with van der Waals surface area (Å²) in [4.78, 5) is 28.4. The number of hydrogen-bond acceptors (Lipinski definition) is 7. The summed E-state index contributed by atoms with van der Waals surface area (Å²) in [5.74, 6) is -2.31. The van der Waals surface area contributed by atoms with Gasteiger partial charge in [0.05, 0.1) is 17.5 Å². The third-order valence-corrected chi connectivity index (χ3v) is 5.52. The van der Waals surface area contributed by atoms with Gasteiger partial charge in [0.1, 0.15) is 10.2 Å². The standard InChI is InChI=1S/C21H17ClN4O3S/c1-13-12-30-21(24-13)17(10-23)18(27)11-29-19(28)9-8-16-14(2)25-26(20(16)22)15-6-4-3-5-7-15/h3-9,12,17H,11H2,1-2H3/b9-8+/t17-/m1/s1. The maximum Gasteiger partial charge on any atom is 0.331 e. The van der Waals surface area contributed by atoms with Crippen molar-refractivity contribution in [3.05, 3.63) is 68.9 Å². The highest BCUT2D eigenvalue weighted by molar-refractivity contribution is 7.09. The van der Waals surface area contributed by atoms with Gasteiger partial charge in [0.2, 0.25) is 0 Å². The van der Waals surface area contributed by atoms with E-state index in [9.17, 15) is 14.9 Å². The Balaban J connectivity index is 1.65. The first kappa shape index (κ1) is 21.4. The molecule has 0 aliphatic heterocycles. The van der Waals surface area contributed by atoms with Gasteiger partial charge in [-0.05, 0) is 32.1 Å². The molecule has 1 aromatic carbocycles. The lowest BCUT2D eigenvalue weighted by molar-refractivity contribution is -0.143. The molecule has 2 aromatic heterocycles. The van der Waals surface area contributed by atoms with Crippen LogP contribution in [0.25, 0.3) is 11.8 Å². The van der Waals surface area contributed by atoms with Crippen LogP contribution in [0.3, 0.4) is 0 Å². The number of nitrogens with zero attached hydrogens (tertiary/aromatic N) is 4. The van der Waals surface area contributed by atoms with Gasteiger partial charge >= 0.3 is 5.97 Å². The molecule has 0 N–H and O–H groups in total. The van der Waals surface area contributed by atoms with E-state index in [0.29, 0.717) is 21.4 Å². The van der Waals surface area contributed by atoms with Crippen molar-refractivity contribution in [2.24, 2.45) is 0 Å². The first-order valence-corrected chi connectivity index (χ1v) is 10.2. The Hall–Kier alpha value is -3.28. The molecule has 9 heteroatoms. The summed E-state index contributed by atoms with van der Waals surface area (Å²) in [6.45, 7) is 3.03. The van der Waals surface area contributed by atoms with Crippen LogP contribution >= 0.6 is 22.9 Å². The summed E-state index contributed by atoms with van der Waals surface area (Å²) in [6.07, 6.45) is 2.66. The van der Waals surface area contributed by atoms with Crippen molar-refractivity contribution in [3.63, 3.8) is 0 Å². The fourth-order valence-electron chi connectivity index (χ4n) is 2.64. The third kappa shape index (κ3) is 4.82. The number of para-hydroxylation sites is 1.